The number of carbonyl (C=O) groups is 1. The van der Waals surface area contributed by atoms with Crippen molar-refractivity contribution in [3.05, 3.63) is 48.3 Å². The first-order chi connectivity index (χ1) is 17.2. The molecular formula is C28H38N4O3. The number of ether oxygens (including phenoxy) is 2. The smallest absolute Gasteiger partial charge is 0.225 e. The number of piperazine rings is 1. The van der Waals surface area contributed by atoms with E-state index in [0.29, 0.717) is 19.1 Å². The van der Waals surface area contributed by atoms with Crippen LogP contribution in [0.25, 0.3) is 0 Å². The fourth-order valence-electron chi connectivity index (χ4n) is 5.71. The van der Waals surface area contributed by atoms with Gasteiger partial charge in [0.05, 0.1) is 5.69 Å². The molecule has 0 bridgehead atoms. The number of carbonyl (C=O) groups excluding carboxylic acids is 1. The van der Waals surface area contributed by atoms with Gasteiger partial charge < -0.3 is 19.3 Å². The lowest BCUT2D eigenvalue weighted by molar-refractivity contribution is -0.137. The minimum atomic E-state index is 0.152. The average molecular weight is 479 g/mol. The highest BCUT2D eigenvalue weighted by Crippen LogP contribution is 2.39. The second kappa shape index (κ2) is 11.3. The van der Waals surface area contributed by atoms with Gasteiger partial charge in [-0.05, 0) is 49.1 Å². The Morgan fingerprint density at radius 3 is 2.54 bits per heavy atom. The van der Waals surface area contributed by atoms with Gasteiger partial charge in [-0.25, -0.2) is 0 Å². The third-order valence-electron chi connectivity index (χ3n) is 7.80. The Labute approximate surface area is 209 Å². The number of pyridine rings is 1. The number of likely N-dealkylation sites (N-methyl/N-ethyl adjacent to an activating group) is 1. The van der Waals surface area contributed by atoms with Gasteiger partial charge in [-0.15, -0.1) is 0 Å². The number of hydrogen-bond acceptors (Lipinski definition) is 6. The minimum Gasteiger partial charge on any atom is -0.486 e. The maximum atomic E-state index is 13.4. The predicted octanol–water partition coefficient (Wildman–Crippen LogP) is 3.62. The number of aromatic nitrogens is 1. The lowest BCUT2D eigenvalue weighted by Crippen LogP contribution is -2.53. The number of amides is 1. The normalized spacial score (nSPS) is 19.9. The maximum absolute atomic E-state index is 13.4. The van der Waals surface area contributed by atoms with Crippen LogP contribution in [-0.2, 0) is 11.2 Å². The van der Waals surface area contributed by atoms with E-state index in [1.54, 1.807) is 0 Å². The SMILES string of the molecule is CN(C(=O)C1CCCCC1)C(Cc1ccncc1)CN1CCN(c2cccc3c2OCCO3)CC1. The number of para-hydroxylation sites is 1. The summed E-state index contributed by atoms with van der Waals surface area (Å²) < 4.78 is 11.7. The number of anilines is 1. The van der Waals surface area contributed by atoms with Gasteiger partial charge in [0, 0.05) is 64.1 Å². The summed E-state index contributed by atoms with van der Waals surface area (Å²) in [5.74, 6) is 2.24. The Kier molecular flexibility index (Phi) is 7.72. The number of nitrogens with zero attached hydrogens (tertiary/aromatic N) is 4. The zero-order valence-electron chi connectivity index (χ0n) is 20.9. The molecule has 2 aliphatic heterocycles. The third-order valence-corrected chi connectivity index (χ3v) is 7.80. The van der Waals surface area contributed by atoms with Crippen LogP contribution in [0.15, 0.2) is 42.7 Å². The summed E-state index contributed by atoms with van der Waals surface area (Å²) >= 11 is 0. The first-order valence-electron chi connectivity index (χ1n) is 13.2. The van der Waals surface area contributed by atoms with Crippen LogP contribution in [0.3, 0.4) is 0 Å². The third kappa shape index (κ3) is 5.72. The number of hydrogen-bond donors (Lipinski definition) is 0. The molecule has 1 unspecified atom stereocenters. The molecule has 0 N–H and O–H groups in total. The van der Waals surface area contributed by atoms with E-state index in [1.165, 1.54) is 24.8 Å². The quantitative estimate of drug-likeness (QED) is 0.606. The van der Waals surface area contributed by atoms with Crippen molar-refractivity contribution in [2.24, 2.45) is 5.92 Å². The van der Waals surface area contributed by atoms with Crippen LogP contribution in [0.1, 0.15) is 37.7 Å². The van der Waals surface area contributed by atoms with E-state index in [9.17, 15) is 4.79 Å². The van der Waals surface area contributed by atoms with Gasteiger partial charge in [0.25, 0.3) is 0 Å². The van der Waals surface area contributed by atoms with Gasteiger partial charge in [0.1, 0.15) is 13.2 Å². The van der Waals surface area contributed by atoms with Gasteiger partial charge in [-0.1, -0.05) is 25.3 Å². The average Bonchev–Trinajstić information content (AvgIpc) is 2.93. The van der Waals surface area contributed by atoms with Crippen molar-refractivity contribution in [1.82, 2.24) is 14.8 Å². The van der Waals surface area contributed by atoms with E-state index in [0.717, 1.165) is 69.2 Å². The zero-order valence-corrected chi connectivity index (χ0v) is 20.9. The topological polar surface area (TPSA) is 58.1 Å². The molecule has 2 aromatic rings. The molecule has 5 rings (SSSR count). The van der Waals surface area contributed by atoms with Crippen molar-refractivity contribution >= 4 is 11.6 Å². The molecule has 1 saturated heterocycles. The highest BCUT2D eigenvalue weighted by atomic mass is 16.6. The van der Waals surface area contributed by atoms with E-state index in [4.69, 9.17) is 9.47 Å². The second-order valence-electron chi connectivity index (χ2n) is 10.1. The summed E-state index contributed by atoms with van der Waals surface area (Å²) in [4.78, 5) is 24.6. The Balaban J connectivity index is 1.24. The van der Waals surface area contributed by atoms with Gasteiger partial charge >= 0.3 is 0 Å². The van der Waals surface area contributed by atoms with Gasteiger partial charge in [-0.2, -0.15) is 0 Å². The molecule has 7 nitrogen and oxygen atoms in total. The summed E-state index contributed by atoms with van der Waals surface area (Å²) in [6.45, 7) is 5.88. The van der Waals surface area contributed by atoms with E-state index in [2.05, 4.69) is 37.9 Å². The molecule has 1 aromatic carbocycles. The monoisotopic (exact) mass is 478 g/mol. The predicted molar refractivity (Wildman–Crippen MR) is 137 cm³/mol. The standard InChI is InChI=1S/C28H38N4O3/c1-30(28(33)23-6-3-2-4-7-23)24(20-22-10-12-29-13-11-22)21-31-14-16-32(17-15-31)25-8-5-9-26-27(25)35-19-18-34-26/h5,8-13,23-24H,2-4,6-7,14-21H2,1H3. The summed E-state index contributed by atoms with van der Waals surface area (Å²) in [6.07, 6.45) is 10.3. The molecular weight excluding hydrogens is 440 g/mol. The second-order valence-corrected chi connectivity index (χ2v) is 10.1. The van der Waals surface area contributed by atoms with Crippen LogP contribution < -0.4 is 14.4 Å². The van der Waals surface area contributed by atoms with Crippen molar-refractivity contribution in [2.75, 3.05) is 57.9 Å². The molecule has 1 amide bonds. The van der Waals surface area contributed by atoms with Crippen molar-refractivity contribution in [3.8, 4) is 11.5 Å². The Hall–Kier alpha value is -2.80. The molecule has 1 aromatic heterocycles. The number of benzene rings is 1. The van der Waals surface area contributed by atoms with E-state index >= 15 is 0 Å². The van der Waals surface area contributed by atoms with Gasteiger partial charge in [0.15, 0.2) is 11.5 Å². The fourth-order valence-corrected chi connectivity index (χ4v) is 5.71. The molecule has 1 atom stereocenters. The van der Waals surface area contributed by atoms with Crippen LogP contribution in [-0.4, -0.2) is 79.7 Å². The minimum absolute atomic E-state index is 0.152. The Bertz CT molecular complexity index is 971. The highest BCUT2D eigenvalue weighted by Gasteiger charge is 2.31. The fraction of sp³-hybridized carbons (Fsp3) is 0.571. The summed E-state index contributed by atoms with van der Waals surface area (Å²) in [5.41, 5.74) is 2.36. The van der Waals surface area contributed by atoms with Crippen LogP contribution in [0.5, 0.6) is 11.5 Å². The van der Waals surface area contributed by atoms with E-state index < -0.39 is 0 Å². The van der Waals surface area contributed by atoms with E-state index in [-0.39, 0.29) is 12.0 Å². The Morgan fingerprint density at radius 1 is 1.03 bits per heavy atom. The van der Waals surface area contributed by atoms with Gasteiger partial charge in [0.2, 0.25) is 5.91 Å². The maximum Gasteiger partial charge on any atom is 0.225 e. The Morgan fingerprint density at radius 2 is 1.77 bits per heavy atom. The number of rotatable bonds is 7. The lowest BCUT2D eigenvalue weighted by Gasteiger charge is -2.41. The summed E-state index contributed by atoms with van der Waals surface area (Å²) in [7, 11) is 2.02. The molecule has 188 valence electrons. The molecule has 3 heterocycles. The highest BCUT2D eigenvalue weighted by molar-refractivity contribution is 5.79. The van der Waals surface area contributed by atoms with Crippen LogP contribution in [0.2, 0.25) is 0 Å². The molecule has 35 heavy (non-hydrogen) atoms. The van der Waals surface area contributed by atoms with Crippen molar-refractivity contribution < 1.29 is 14.3 Å². The molecule has 0 spiro atoms. The van der Waals surface area contributed by atoms with Crippen molar-refractivity contribution in [3.63, 3.8) is 0 Å². The summed E-state index contributed by atoms with van der Waals surface area (Å²) in [6, 6.07) is 10.5. The van der Waals surface area contributed by atoms with Crippen molar-refractivity contribution in [2.45, 2.75) is 44.6 Å². The first kappa shape index (κ1) is 23.9. The van der Waals surface area contributed by atoms with Crippen LogP contribution >= 0.6 is 0 Å². The lowest BCUT2D eigenvalue weighted by atomic mass is 9.88. The largest absolute Gasteiger partial charge is 0.486 e. The molecule has 3 aliphatic rings. The van der Waals surface area contributed by atoms with Crippen molar-refractivity contribution in [1.29, 1.82) is 0 Å². The molecule has 1 aliphatic carbocycles. The van der Waals surface area contributed by atoms with E-state index in [1.807, 2.05) is 31.6 Å². The van der Waals surface area contributed by atoms with Gasteiger partial charge in [-0.3, -0.25) is 14.7 Å². The van der Waals surface area contributed by atoms with Crippen LogP contribution in [0.4, 0.5) is 5.69 Å². The summed E-state index contributed by atoms with van der Waals surface area (Å²) in [5, 5.41) is 0. The molecule has 7 heteroatoms. The molecule has 2 fully saturated rings. The number of fused-ring (bicyclic) bond motifs is 1. The zero-order chi connectivity index (χ0) is 24.0. The van der Waals surface area contributed by atoms with Crippen LogP contribution in [0, 0.1) is 5.92 Å². The molecule has 1 saturated carbocycles. The molecule has 0 radical (unpaired) electrons. The first-order valence-corrected chi connectivity index (χ1v) is 13.2.